The van der Waals surface area contributed by atoms with Gasteiger partial charge in [0.05, 0.1) is 29.5 Å². The number of aryl methyl sites for hydroxylation is 1. The van der Waals surface area contributed by atoms with Crippen LogP contribution in [0.25, 0.3) is 0 Å². The van der Waals surface area contributed by atoms with Gasteiger partial charge in [-0.05, 0) is 57.4 Å². The van der Waals surface area contributed by atoms with Crippen LogP contribution >= 0.6 is 0 Å². The molecule has 1 N–H and O–H groups in total. The summed E-state index contributed by atoms with van der Waals surface area (Å²) in [7, 11) is 0. The molecule has 3 aromatic rings. The average molecular weight is 445 g/mol. The van der Waals surface area contributed by atoms with Crippen molar-refractivity contribution in [2.45, 2.75) is 39.2 Å². The van der Waals surface area contributed by atoms with E-state index in [0.717, 1.165) is 19.3 Å². The number of nitrogens with one attached hydrogen (secondary N) is 1. The highest BCUT2D eigenvalue weighted by atomic mass is 16.5. The van der Waals surface area contributed by atoms with E-state index < -0.39 is 0 Å². The molecule has 4 rings (SSSR count). The highest BCUT2D eigenvalue weighted by molar-refractivity contribution is 6.04. The largest absolute Gasteiger partial charge is 0.493 e. The van der Waals surface area contributed by atoms with Crippen molar-refractivity contribution in [3.05, 3.63) is 83.4 Å². The van der Waals surface area contributed by atoms with Crippen LogP contribution < -0.4 is 10.1 Å². The Balaban J connectivity index is 1.57. The third-order valence-electron chi connectivity index (χ3n) is 5.75. The second kappa shape index (κ2) is 10.3. The maximum absolute atomic E-state index is 13.5. The van der Waals surface area contributed by atoms with E-state index in [1.807, 2.05) is 60.4 Å². The number of rotatable bonds is 6. The molecule has 170 valence electrons. The van der Waals surface area contributed by atoms with Crippen LogP contribution in [0.15, 0.2) is 60.8 Å². The van der Waals surface area contributed by atoms with Crippen molar-refractivity contribution in [2.75, 3.05) is 18.5 Å². The molecule has 1 unspecified atom stereocenters. The number of ether oxygens (including phenoxy) is 1. The first kappa shape index (κ1) is 22.5. The van der Waals surface area contributed by atoms with Gasteiger partial charge in [-0.3, -0.25) is 9.59 Å². The van der Waals surface area contributed by atoms with Crippen molar-refractivity contribution >= 4 is 17.5 Å². The molecule has 1 atom stereocenters. The van der Waals surface area contributed by atoms with Crippen molar-refractivity contribution in [3.8, 4) is 5.75 Å². The summed E-state index contributed by atoms with van der Waals surface area (Å²) in [5.74, 6) is 0.799. The number of para-hydroxylation sites is 2. The maximum atomic E-state index is 13.5. The lowest BCUT2D eigenvalue weighted by molar-refractivity contribution is 0.0595. The van der Waals surface area contributed by atoms with Crippen molar-refractivity contribution in [1.82, 2.24) is 14.9 Å². The van der Waals surface area contributed by atoms with Crippen LogP contribution in [0.5, 0.6) is 5.75 Å². The molecule has 2 aromatic carbocycles. The number of benzene rings is 2. The molecule has 1 aliphatic rings. The summed E-state index contributed by atoms with van der Waals surface area (Å²) < 4.78 is 5.68. The van der Waals surface area contributed by atoms with Crippen LogP contribution in [0.1, 0.15) is 64.5 Å². The van der Waals surface area contributed by atoms with Gasteiger partial charge in [0.1, 0.15) is 5.75 Å². The second-order valence-electron chi connectivity index (χ2n) is 7.99. The lowest BCUT2D eigenvalue weighted by Crippen LogP contribution is -2.39. The Labute approximate surface area is 193 Å². The monoisotopic (exact) mass is 444 g/mol. The molecule has 2 amide bonds. The fraction of sp³-hybridized carbons (Fsp3) is 0.308. The number of carbonyl (C=O) groups is 2. The van der Waals surface area contributed by atoms with E-state index in [1.165, 1.54) is 0 Å². The van der Waals surface area contributed by atoms with Gasteiger partial charge in [0.15, 0.2) is 5.82 Å². The Morgan fingerprint density at radius 3 is 2.58 bits per heavy atom. The predicted octanol–water partition coefficient (Wildman–Crippen LogP) is 4.80. The van der Waals surface area contributed by atoms with Crippen molar-refractivity contribution in [2.24, 2.45) is 0 Å². The van der Waals surface area contributed by atoms with Gasteiger partial charge in [-0.1, -0.05) is 30.3 Å². The van der Waals surface area contributed by atoms with E-state index in [4.69, 9.17) is 4.74 Å². The summed E-state index contributed by atoms with van der Waals surface area (Å²) in [6, 6.07) is 16.3. The molecule has 0 saturated carbocycles. The lowest BCUT2D eigenvalue weighted by atomic mass is 9.99. The number of anilines is 1. The van der Waals surface area contributed by atoms with Crippen LogP contribution in [-0.4, -0.2) is 39.8 Å². The number of piperidine rings is 1. The first-order valence-corrected chi connectivity index (χ1v) is 11.3. The Kier molecular flexibility index (Phi) is 6.98. The molecule has 1 fully saturated rings. The third kappa shape index (κ3) is 5.03. The molecular weight excluding hydrogens is 416 g/mol. The molecular formula is C26H28N4O3. The molecule has 0 radical (unpaired) electrons. The highest BCUT2D eigenvalue weighted by Crippen LogP contribution is 2.32. The summed E-state index contributed by atoms with van der Waals surface area (Å²) in [6.07, 6.45) is 4.24. The lowest BCUT2D eigenvalue weighted by Gasteiger charge is -2.35. The normalized spacial score (nSPS) is 15.7. The Morgan fingerprint density at radius 1 is 1.06 bits per heavy atom. The van der Waals surface area contributed by atoms with E-state index in [2.05, 4.69) is 15.3 Å². The maximum Gasteiger partial charge on any atom is 0.259 e. The molecule has 0 aliphatic carbocycles. The van der Waals surface area contributed by atoms with Crippen molar-refractivity contribution < 1.29 is 14.3 Å². The first-order valence-electron chi connectivity index (χ1n) is 11.3. The van der Waals surface area contributed by atoms with Gasteiger partial charge in [-0.15, -0.1) is 0 Å². The number of carbonyl (C=O) groups excluding carboxylic acids is 2. The zero-order chi connectivity index (χ0) is 23.2. The molecule has 2 heterocycles. The number of aromatic nitrogens is 2. The van der Waals surface area contributed by atoms with E-state index in [1.54, 1.807) is 19.2 Å². The van der Waals surface area contributed by atoms with Crippen molar-refractivity contribution in [3.63, 3.8) is 0 Å². The molecule has 1 aliphatic heterocycles. The van der Waals surface area contributed by atoms with E-state index in [9.17, 15) is 9.59 Å². The number of likely N-dealkylation sites (tertiary alicyclic amines) is 1. The molecule has 1 aromatic heterocycles. The van der Waals surface area contributed by atoms with Crippen LogP contribution in [0.2, 0.25) is 0 Å². The minimum atomic E-state index is -0.257. The van der Waals surface area contributed by atoms with Crippen LogP contribution in [0, 0.1) is 6.92 Å². The van der Waals surface area contributed by atoms with Crippen LogP contribution in [-0.2, 0) is 0 Å². The number of hydrogen-bond acceptors (Lipinski definition) is 5. The summed E-state index contributed by atoms with van der Waals surface area (Å²) in [5, 5.41) is 2.87. The van der Waals surface area contributed by atoms with E-state index in [-0.39, 0.29) is 17.9 Å². The standard InChI is InChI=1S/C26H28N4O3/c1-3-33-23-15-8-7-13-20(23)26(32)30-16-10-9-14-22(30)24-27-17-21(18(2)28-24)25(31)29-19-11-5-4-6-12-19/h4-8,11-13,15,17,22H,3,9-10,14,16H2,1-2H3,(H,29,31). The highest BCUT2D eigenvalue weighted by Gasteiger charge is 2.32. The minimum absolute atomic E-state index is 0.0871. The number of hydrogen-bond donors (Lipinski definition) is 1. The number of amides is 2. The van der Waals surface area contributed by atoms with E-state index >= 15 is 0 Å². The fourth-order valence-electron chi connectivity index (χ4n) is 4.11. The Bertz CT molecular complexity index is 1130. The fourth-order valence-corrected chi connectivity index (χ4v) is 4.11. The van der Waals surface area contributed by atoms with Gasteiger partial charge in [0.25, 0.3) is 11.8 Å². The first-order chi connectivity index (χ1) is 16.1. The molecule has 0 spiro atoms. The Hall–Kier alpha value is -3.74. The van der Waals surface area contributed by atoms with Crippen LogP contribution in [0.4, 0.5) is 5.69 Å². The van der Waals surface area contributed by atoms with E-state index in [0.29, 0.717) is 47.2 Å². The zero-order valence-corrected chi connectivity index (χ0v) is 19.0. The van der Waals surface area contributed by atoms with Crippen molar-refractivity contribution in [1.29, 1.82) is 0 Å². The quantitative estimate of drug-likeness (QED) is 0.590. The molecule has 33 heavy (non-hydrogen) atoms. The zero-order valence-electron chi connectivity index (χ0n) is 19.0. The summed E-state index contributed by atoms with van der Waals surface area (Å²) in [4.78, 5) is 37.2. The van der Waals surface area contributed by atoms with Gasteiger partial charge in [-0.2, -0.15) is 0 Å². The average Bonchev–Trinajstić information content (AvgIpc) is 2.84. The minimum Gasteiger partial charge on any atom is -0.493 e. The third-order valence-corrected chi connectivity index (χ3v) is 5.75. The van der Waals surface area contributed by atoms with Gasteiger partial charge in [-0.25, -0.2) is 9.97 Å². The summed E-state index contributed by atoms with van der Waals surface area (Å²) >= 11 is 0. The molecule has 1 saturated heterocycles. The Morgan fingerprint density at radius 2 is 1.82 bits per heavy atom. The van der Waals surface area contributed by atoms with Gasteiger partial charge >= 0.3 is 0 Å². The molecule has 0 bridgehead atoms. The molecule has 7 heteroatoms. The second-order valence-corrected chi connectivity index (χ2v) is 7.99. The van der Waals surface area contributed by atoms with Gasteiger partial charge < -0.3 is 15.0 Å². The summed E-state index contributed by atoms with van der Waals surface area (Å²) in [5.41, 5.74) is 2.25. The molecule has 7 nitrogen and oxygen atoms in total. The topological polar surface area (TPSA) is 84.4 Å². The number of nitrogens with zero attached hydrogens (tertiary/aromatic N) is 3. The van der Waals surface area contributed by atoms with Crippen LogP contribution in [0.3, 0.4) is 0 Å². The van der Waals surface area contributed by atoms with Gasteiger partial charge in [0, 0.05) is 18.4 Å². The smallest absolute Gasteiger partial charge is 0.259 e. The van der Waals surface area contributed by atoms with Gasteiger partial charge in [0.2, 0.25) is 0 Å². The SMILES string of the molecule is CCOc1ccccc1C(=O)N1CCCCC1c1ncc(C(=O)Nc2ccccc2)c(C)n1. The summed E-state index contributed by atoms with van der Waals surface area (Å²) in [6.45, 7) is 4.81. The predicted molar refractivity (Wildman–Crippen MR) is 126 cm³/mol.